The zero-order valence-electron chi connectivity index (χ0n) is 23.6. The number of ether oxygens (including phenoxy) is 3. The van der Waals surface area contributed by atoms with Crippen molar-refractivity contribution in [2.45, 2.75) is 51.9 Å². The summed E-state index contributed by atoms with van der Waals surface area (Å²) in [5, 5.41) is 6.57. The van der Waals surface area contributed by atoms with Gasteiger partial charge in [0.1, 0.15) is 26.3 Å². The van der Waals surface area contributed by atoms with E-state index in [9.17, 15) is 4.79 Å². The van der Waals surface area contributed by atoms with Crippen molar-refractivity contribution in [3.63, 3.8) is 0 Å². The van der Waals surface area contributed by atoms with Gasteiger partial charge in [-0.3, -0.25) is 9.69 Å². The highest BCUT2D eigenvalue weighted by atomic mass is 79.9. The van der Waals surface area contributed by atoms with Crippen molar-refractivity contribution >= 4 is 46.5 Å². The lowest BCUT2D eigenvalue weighted by atomic mass is 9.93. The fourth-order valence-electron chi connectivity index (χ4n) is 5.01. The average Bonchev–Trinajstić information content (AvgIpc) is 2.90. The van der Waals surface area contributed by atoms with E-state index in [-0.39, 0.29) is 18.1 Å². The van der Waals surface area contributed by atoms with Gasteiger partial charge in [0, 0.05) is 36.8 Å². The molecule has 5 rings (SSSR count). The maximum atomic E-state index is 13.0. The van der Waals surface area contributed by atoms with Crippen LogP contribution in [0.2, 0.25) is 0 Å². The molecule has 8 nitrogen and oxygen atoms in total. The van der Waals surface area contributed by atoms with Crippen molar-refractivity contribution in [1.29, 1.82) is 0 Å². The number of hydrogen-bond acceptors (Lipinski definition) is 7. The number of halogens is 1. The first-order valence-corrected chi connectivity index (χ1v) is 14.9. The monoisotopic (exact) mass is 618 g/mol. The van der Waals surface area contributed by atoms with Gasteiger partial charge in [0.05, 0.1) is 29.7 Å². The smallest absolute Gasteiger partial charge is 0.238 e. The van der Waals surface area contributed by atoms with Crippen LogP contribution < -0.4 is 25.6 Å². The second-order valence-corrected chi connectivity index (χ2v) is 11.7. The maximum absolute atomic E-state index is 13.0. The Morgan fingerprint density at radius 3 is 2.68 bits per heavy atom. The minimum absolute atomic E-state index is 0.0266. The minimum Gasteiger partial charge on any atom is -0.488 e. The van der Waals surface area contributed by atoms with Crippen LogP contribution in [0.4, 0.5) is 11.4 Å². The molecule has 1 atom stereocenters. The molecule has 1 aromatic heterocycles. The predicted octanol–water partition coefficient (Wildman–Crippen LogP) is 4.52. The molecule has 2 radical (unpaired) electrons. The molecule has 10 heteroatoms. The molecule has 0 saturated carbocycles. The molecule has 0 aliphatic carbocycles. The second kappa shape index (κ2) is 13.7. The van der Waals surface area contributed by atoms with Crippen LogP contribution in [0.3, 0.4) is 0 Å². The Hall–Kier alpha value is -3.08. The zero-order valence-corrected chi connectivity index (χ0v) is 25.2. The van der Waals surface area contributed by atoms with E-state index in [2.05, 4.69) is 36.4 Å². The Balaban J connectivity index is 1.08. The topological polar surface area (TPSA) is 85.0 Å². The van der Waals surface area contributed by atoms with E-state index in [1.165, 1.54) is 0 Å². The van der Waals surface area contributed by atoms with Gasteiger partial charge in [0.2, 0.25) is 11.8 Å². The predicted molar refractivity (Wildman–Crippen MR) is 166 cm³/mol. The second-order valence-electron chi connectivity index (χ2n) is 10.7. The van der Waals surface area contributed by atoms with Crippen molar-refractivity contribution < 1.29 is 19.0 Å². The highest BCUT2D eigenvalue weighted by molar-refractivity contribution is 9.10. The lowest BCUT2D eigenvalue weighted by Crippen LogP contribution is -2.42. The Bertz CT molecular complexity index is 1360. The number of likely N-dealkylation sites (tertiary alicyclic amines) is 1. The fraction of sp³-hybridized carbons (Fsp3) is 0.419. The number of aryl methyl sites for hydroxylation is 2. The van der Waals surface area contributed by atoms with E-state index in [1.807, 2.05) is 62.4 Å². The molecule has 0 unspecified atom stereocenters. The number of nitrogens with zero attached hydrogens (tertiary/aromatic N) is 2. The van der Waals surface area contributed by atoms with Crippen LogP contribution in [0.15, 0.2) is 53.0 Å². The molecule has 41 heavy (non-hydrogen) atoms. The molecule has 3 heterocycles. The first-order valence-electron chi connectivity index (χ1n) is 14.1. The number of carbonyl (C=O) groups is 1. The standard InChI is InChI=1S/C31H36BBrN4O4/c1-20-6-7-28(26(32)14-20)40-19-23-4-3-5-30(35-23)41-24-8-11-37(12-9-24)18-29(38)36-31-21(2)15-22(33)16-27(31)34-17-25-10-13-39-25/h3-7,14-16,24-25,34H,8-13,17-19H2,1-2H3,(H,36,38)/t25-/m0/s1. The number of hydrogen-bond donors (Lipinski definition) is 2. The number of piperidine rings is 1. The quantitative estimate of drug-likeness (QED) is 0.306. The van der Waals surface area contributed by atoms with E-state index >= 15 is 0 Å². The number of carbonyl (C=O) groups excluding carboxylic acids is 1. The first-order chi connectivity index (χ1) is 19.8. The van der Waals surface area contributed by atoms with Gasteiger partial charge in [0.25, 0.3) is 0 Å². The number of nitrogens with one attached hydrogen (secondary N) is 2. The third kappa shape index (κ3) is 8.24. The van der Waals surface area contributed by atoms with E-state index in [0.717, 1.165) is 78.2 Å². The third-order valence-corrected chi connectivity index (χ3v) is 7.85. The Kier molecular flexibility index (Phi) is 9.85. The molecule has 2 aliphatic heterocycles. The average molecular weight is 619 g/mol. The molecule has 3 aromatic rings. The third-order valence-electron chi connectivity index (χ3n) is 7.39. The molecule has 2 saturated heterocycles. The largest absolute Gasteiger partial charge is 0.488 e. The molecule has 214 valence electrons. The van der Waals surface area contributed by atoms with Crippen LogP contribution in [0.1, 0.15) is 36.1 Å². The van der Waals surface area contributed by atoms with E-state index < -0.39 is 0 Å². The maximum Gasteiger partial charge on any atom is 0.238 e. The molecule has 0 bridgehead atoms. The highest BCUT2D eigenvalue weighted by Crippen LogP contribution is 2.31. The molecular formula is C31H36BBrN4O4. The van der Waals surface area contributed by atoms with Crippen LogP contribution >= 0.6 is 15.9 Å². The first kappa shape index (κ1) is 29.4. The molecule has 1 amide bonds. The van der Waals surface area contributed by atoms with Crippen LogP contribution in [-0.2, 0) is 16.1 Å². The van der Waals surface area contributed by atoms with Crippen LogP contribution in [0.5, 0.6) is 11.6 Å². The van der Waals surface area contributed by atoms with Crippen molar-refractivity contribution in [3.8, 4) is 11.6 Å². The van der Waals surface area contributed by atoms with E-state index in [1.54, 1.807) is 0 Å². The Labute approximate surface area is 251 Å². The molecule has 2 aliphatic rings. The summed E-state index contributed by atoms with van der Waals surface area (Å²) in [4.78, 5) is 19.8. The van der Waals surface area contributed by atoms with Crippen LogP contribution in [0.25, 0.3) is 0 Å². The van der Waals surface area contributed by atoms with Crippen LogP contribution in [-0.4, -0.2) is 68.6 Å². The van der Waals surface area contributed by atoms with Gasteiger partial charge in [0.15, 0.2) is 0 Å². The number of rotatable bonds is 11. The summed E-state index contributed by atoms with van der Waals surface area (Å²) in [6, 6.07) is 15.4. The van der Waals surface area contributed by atoms with Gasteiger partial charge in [-0.05, 0) is 62.9 Å². The fourth-order valence-corrected chi connectivity index (χ4v) is 5.58. The minimum atomic E-state index is -0.0266. The molecule has 2 fully saturated rings. The van der Waals surface area contributed by atoms with E-state index in [4.69, 9.17) is 22.1 Å². The van der Waals surface area contributed by atoms with Gasteiger partial charge < -0.3 is 24.8 Å². The van der Waals surface area contributed by atoms with Gasteiger partial charge in [-0.25, -0.2) is 4.98 Å². The summed E-state index contributed by atoms with van der Waals surface area (Å²) in [5.41, 5.74) is 5.19. The van der Waals surface area contributed by atoms with Crippen molar-refractivity contribution in [2.75, 3.05) is 43.4 Å². The number of anilines is 2. The lowest BCUT2D eigenvalue weighted by molar-refractivity contribution is -0.117. The molecule has 2 aromatic carbocycles. The number of pyridine rings is 1. The van der Waals surface area contributed by atoms with Gasteiger partial charge >= 0.3 is 0 Å². The molecule has 0 spiro atoms. The van der Waals surface area contributed by atoms with Gasteiger partial charge in [-0.2, -0.15) is 0 Å². The number of amides is 1. The Morgan fingerprint density at radius 2 is 1.95 bits per heavy atom. The van der Waals surface area contributed by atoms with Crippen LogP contribution in [0, 0.1) is 13.8 Å². The molecule has 2 N–H and O–H groups in total. The van der Waals surface area contributed by atoms with Gasteiger partial charge in [-0.15, -0.1) is 0 Å². The summed E-state index contributed by atoms with van der Waals surface area (Å²) in [6.07, 6.45) is 2.97. The van der Waals surface area contributed by atoms with Crippen molar-refractivity contribution in [1.82, 2.24) is 9.88 Å². The summed E-state index contributed by atoms with van der Waals surface area (Å²) >= 11 is 3.57. The summed E-state index contributed by atoms with van der Waals surface area (Å²) < 4.78 is 18.6. The normalized spacial score (nSPS) is 17.5. The summed E-state index contributed by atoms with van der Waals surface area (Å²) in [7, 11) is 6.06. The highest BCUT2D eigenvalue weighted by Gasteiger charge is 2.24. The zero-order chi connectivity index (χ0) is 28.8. The summed E-state index contributed by atoms with van der Waals surface area (Å²) in [6.45, 7) is 7.72. The Morgan fingerprint density at radius 1 is 1.15 bits per heavy atom. The van der Waals surface area contributed by atoms with Crippen molar-refractivity contribution in [2.24, 2.45) is 0 Å². The molecular weight excluding hydrogens is 583 g/mol. The van der Waals surface area contributed by atoms with E-state index in [0.29, 0.717) is 30.2 Å². The van der Waals surface area contributed by atoms with Gasteiger partial charge in [-0.1, -0.05) is 45.2 Å². The number of aromatic nitrogens is 1. The lowest BCUT2D eigenvalue weighted by Gasteiger charge is -2.31. The number of benzene rings is 2. The SMILES string of the molecule is [B]c1cc(C)ccc1OCc1cccc(OC2CCN(CC(=O)Nc3c(C)cc(Br)cc3NC[C@@H]3CCO3)CC2)n1. The summed E-state index contributed by atoms with van der Waals surface area (Å²) in [5.74, 6) is 1.20. The van der Waals surface area contributed by atoms with Crippen molar-refractivity contribution in [3.05, 3.63) is 69.8 Å².